The lowest BCUT2D eigenvalue weighted by Gasteiger charge is -2.35. The van der Waals surface area contributed by atoms with Gasteiger partial charge in [-0.05, 0) is 48.6 Å². The van der Waals surface area contributed by atoms with Gasteiger partial charge in [-0.2, -0.15) is 0 Å². The number of amidine groups is 1. The molecule has 150 valence electrons. The van der Waals surface area contributed by atoms with Crippen molar-refractivity contribution in [1.29, 1.82) is 5.41 Å². The van der Waals surface area contributed by atoms with Gasteiger partial charge < -0.3 is 21.3 Å². The smallest absolute Gasteiger partial charge is 0.125 e. The molecule has 0 radical (unpaired) electrons. The van der Waals surface area contributed by atoms with Crippen molar-refractivity contribution in [2.45, 2.75) is 26.2 Å². The Morgan fingerprint density at radius 1 is 1.29 bits per heavy atom. The Kier molecular flexibility index (Phi) is 5.77. The number of aliphatic imine (C=N–C) groups is 1. The fraction of sp³-hybridized carbons (Fsp3) is 0.455. The Hall–Kier alpha value is -2.76. The SMILES string of the molecule is C=CN1CCN(C(C=C(N)C(=N)c2cc(CC3(C)CC3)ccc2N)=NC)CC1. The van der Waals surface area contributed by atoms with Gasteiger partial charge in [-0.3, -0.25) is 10.4 Å². The van der Waals surface area contributed by atoms with Crippen LogP contribution in [0.2, 0.25) is 0 Å². The van der Waals surface area contributed by atoms with E-state index in [1.54, 1.807) is 13.1 Å². The molecule has 0 unspecified atom stereocenters. The maximum absolute atomic E-state index is 8.60. The molecule has 2 aliphatic rings. The van der Waals surface area contributed by atoms with Crippen LogP contribution in [0, 0.1) is 10.8 Å². The van der Waals surface area contributed by atoms with Crippen LogP contribution in [0.5, 0.6) is 0 Å². The number of piperazine rings is 1. The zero-order valence-electron chi connectivity index (χ0n) is 17.0. The van der Waals surface area contributed by atoms with E-state index in [9.17, 15) is 0 Å². The zero-order chi connectivity index (χ0) is 20.3. The number of benzene rings is 1. The molecule has 0 atom stereocenters. The van der Waals surface area contributed by atoms with Gasteiger partial charge in [0.25, 0.3) is 0 Å². The first-order chi connectivity index (χ1) is 13.3. The summed E-state index contributed by atoms with van der Waals surface area (Å²) >= 11 is 0. The first-order valence-electron chi connectivity index (χ1n) is 9.88. The summed E-state index contributed by atoms with van der Waals surface area (Å²) in [7, 11) is 1.76. The van der Waals surface area contributed by atoms with Crippen molar-refractivity contribution in [1.82, 2.24) is 9.80 Å². The lowest BCUT2D eigenvalue weighted by Crippen LogP contribution is -2.46. The predicted octanol–water partition coefficient (Wildman–Crippen LogP) is 2.61. The summed E-state index contributed by atoms with van der Waals surface area (Å²) in [6.07, 6.45) is 7.22. The summed E-state index contributed by atoms with van der Waals surface area (Å²) in [4.78, 5) is 8.76. The summed E-state index contributed by atoms with van der Waals surface area (Å²) in [5.74, 6) is 0.797. The molecule has 6 heteroatoms. The second-order valence-electron chi connectivity index (χ2n) is 8.17. The van der Waals surface area contributed by atoms with E-state index in [2.05, 4.69) is 34.4 Å². The van der Waals surface area contributed by atoms with Crippen LogP contribution in [0.25, 0.3) is 0 Å². The Labute approximate surface area is 168 Å². The topological polar surface area (TPSA) is 94.7 Å². The van der Waals surface area contributed by atoms with Gasteiger partial charge in [0, 0.05) is 50.6 Å². The number of nitrogen functional groups attached to an aromatic ring is 1. The zero-order valence-corrected chi connectivity index (χ0v) is 17.0. The lowest BCUT2D eigenvalue weighted by atomic mass is 9.95. The van der Waals surface area contributed by atoms with E-state index in [0.29, 0.717) is 22.4 Å². The van der Waals surface area contributed by atoms with Crippen LogP contribution in [0.1, 0.15) is 30.9 Å². The summed E-state index contributed by atoms with van der Waals surface area (Å²) in [6, 6.07) is 5.97. The van der Waals surface area contributed by atoms with Gasteiger partial charge in [0.2, 0.25) is 0 Å². The number of rotatable bonds is 6. The molecular formula is C22H32N6. The summed E-state index contributed by atoms with van der Waals surface area (Å²) in [5.41, 5.74) is 16.0. The van der Waals surface area contributed by atoms with Crippen LogP contribution in [-0.2, 0) is 6.42 Å². The number of allylic oxidation sites excluding steroid dienone is 1. The van der Waals surface area contributed by atoms with Gasteiger partial charge in [-0.25, -0.2) is 0 Å². The van der Waals surface area contributed by atoms with Crippen LogP contribution in [0.3, 0.4) is 0 Å². The highest BCUT2D eigenvalue weighted by atomic mass is 15.3. The molecule has 1 saturated heterocycles. The Morgan fingerprint density at radius 3 is 2.54 bits per heavy atom. The summed E-state index contributed by atoms with van der Waals surface area (Å²) in [6.45, 7) is 9.65. The van der Waals surface area contributed by atoms with Crippen LogP contribution >= 0.6 is 0 Å². The maximum Gasteiger partial charge on any atom is 0.125 e. The molecular weight excluding hydrogens is 348 g/mol. The van der Waals surface area contributed by atoms with Gasteiger partial charge in [-0.15, -0.1) is 0 Å². The molecule has 6 nitrogen and oxygen atoms in total. The minimum Gasteiger partial charge on any atom is -0.398 e. The molecule has 0 amide bonds. The van der Waals surface area contributed by atoms with Crippen molar-refractivity contribution in [2.24, 2.45) is 16.1 Å². The van der Waals surface area contributed by atoms with E-state index >= 15 is 0 Å². The number of hydrogen-bond donors (Lipinski definition) is 3. The standard InChI is InChI=1S/C22H32N6/c1-4-27-9-11-28(12-10-27)20(26-3)14-19(24)21(25)17-13-16(5-6-18(17)23)15-22(2)7-8-22/h4-6,13-14,25H,1,7-12,15,23-24H2,2-3H3. The fourth-order valence-corrected chi connectivity index (χ4v) is 3.61. The van der Waals surface area contributed by atoms with E-state index in [0.717, 1.165) is 38.4 Å². The predicted molar refractivity (Wildman–Crippen MR) is 118 cm³/mol. The second-order valence-corrected chi connectivity index (χ2v) is 8.17. The van der Waals surface area contributed by atoms with E-state index in [-0.39, 0.29) is 5.71 Å². The lowest BCUT2D eigenvalue weighted by molar-refractivity contribution is 0.238. The molecule has 0 spiro atoms. The average Bonchev–Trinajstić information content (AvgIpc) is 3.43. The third kappa shape index (κ3) is 4.55. The molecule has 3 rings (SSSR count). The van der Waals surface area contributed by atoms with Crippen molar-refractivity contribution >= 4 is 17.2 Å². The normalized spacial score (nSPS) is 19.5. The Morgan fingerprint density at radius 2 is 1.96 bits per heavy atom. The summed E-state index contributed by atoms with van der Waals surface area (Å²) in [5, 5.41) is 8.60. The minimum atomic E-state index is 0.256. The maximum atomic E-state index is 8.60. The summed E-state index contributed by atoms with van der Waals surface area (Å²) < 4.78 is 0. The van der Waals surface area contributed by atoms with Crippen LogP contribution < -0.4 is 11.5 Å². The Balaban J connectivity index is 1.75. The van der Waals surface area contributed by atoms with Crippen LogP contribution in [-0.4, -0.2) is 54.6 Å². The van der Waals surface area contributed by atoms with Gasteiger partial charge in [-0.1, -0.05) is 19.6 Å². The van der Waals surface area contributed by atoms with Crippen molar-refractivity contribution in [3.63, 3.8) is 0 Å². The van der Waals surface area contributed by atoms with Crippen molar-refractivity contribution < 1.29 is 0 Å². The highest BCUT2D eigenvalue weighted by Crippen LogP contribution is 2.47. The van der Waals surface area contributed by atoms with Gasteiger partial charge in [0.1, 0.15) is 5.84 Å². The van der Waals surface area contributed by atoms with Crippen LogP contribution in [0.4, 0.5) is 5.69 Å². The molecule has 1 aromatic rings. The molecule has 5 N–H and O–H groups in total. The third-order valence-corrected chi connectivity index (χ3v) is 5.82. The molecule has 28 heavy (non-hydrogen) atoms. The largest absolute Gasteiger partial charge is 0.398 e. The molecule has 1 aliphatic heterocycles. The fourth-order valence-electron chi connectivity index (χ4n) is 3.61. The molecule has 1 saturated carbocycles. The molecule has 2 fully saturated rings. The van der Waals surface area contributed by atoms with Crippen LogP contribution in [0.15, 0.2) is 47.7 Å². The Bertz CT molecular complexity index is 810. The quantitative estimate of drug-likeness (QED) is 0.402. The highest BCUT2D eigenvalue weighted by Gasteiger charge is 2.37. The van der Waals surface area contributed by atoms with E-state index in [1.165, 1.54) is 18.4 Å². The first-order valence-corrected chi connectivity index (χ1v) is 9.88. The monoisotopic (exact) mass is 380 g/mol. The van der Waals surface area contributed by atoms with E-state index < -0.39 is 0 Å². The van der Waals surface area contributed by atoms with E-state index in [4.69, 9.17) is 16.9 Å². The number of nitrogens with zero attached hydrogens (tertiary/aromatic N) is 3. The minimum absolute atomic E-state index is 0.256. The number of hydrogen-bond acceptors (Lipinski definition) is 5. The van der Waals surface area contributed by atoms with Gasteiger partial charge in [0.15, 0.2) is 0 Å². The molecule has 1 heterocycles. The molecule has 1 aromatic carbocycles. The number of nitrogens with two attached hydrogens (primary N) is 2. The van der Waals surface area contributed by atoms with Crippen molar-refractivity contribution in [2.75, 3.05) is 39.0 Å². The molecule has 1 aliphatic carbocycles. The number of nitrogens with one attached hydrogen (secondary N) is 1. The third-order valence-electron chi connectivity index (χ3n) is 5.82. The highest BCUT2D eigenvalue weighted by molar-refractivity contribution is 6.15. The number of anilines is 1. The van der Waals surface area contributed by atoms with Crippen molar-refractivity contribution in [3.05, 3.63) is 53.9 Å². The average molecular weight is 381 g/mol. The first kappa shape index (κ1) is 20.0. The molecule has 0 bridgehead atoms. The van der Waals surface area contributed by atoms with E-state index in [1.807, 2.05) is 18.3 Å². The second kappa shape index (κ2) is 8.09. The molecule has 0 aromatic heterocycles. The van der Waals surface area contributed by atoms with Gasteiger partial charge in [0.05, 0.1) is 11.4 Å². The van der Waals surface area contributed by atoms with Crippen molar-refractivity contribution in [3.8, 4) is 0 Å². The van der Waals surface area contributed by atoms with Gasteiger partial charge >= 0.3 is 0 Å².